The highest BCUT2D eigenvalue weighted by molar-refractivity contribution is 9.09. The molecule has 0 aromatic rings. The second-order valence-electron chi connectivity index (χ2n) is 5.88. The van der Waals surface area contributed by atoms with Crippen molar-refractivity contribution in [3.05, 3.63) is 0 Å². The van der Waals surface area contributed by atoms with Gasteiger partial charge < -0.3 is 0 Å². The minimum atomic E-state index is -3.27. The molecule has 0 saturated carbocycles. The summed E-state index contributed by atoms with van der Waals surface area (Å²) < 4.78 is 29.1. The number of nitrogens with zero attached hydrogens (tertiary/aromatic N) is 2. The van der Waals surface area contributed by atoms with Gasteiger partial charge in [-0.05, 0) is 31.6 Å². The molecule has 2 aliphatic heterocycles. The van der Waals surface area contributed by atoms with Gasteiger partial charge in [-0.25, -0.2) is 0 Å². The summed E-state index contributed by atoms with van der Waals surface area (Å²) >= 11 is 3.49. The Bertz CT molecular complexity index is 388. The van der Waals surface area contributed by atoms with Gasteiger partial charge in [0.25, 0.3) is 10.2 Å². The standard InChI is InChI=1S/C13H25BrN2O2S/c1-12-6-5-8-15(11-12)19(17,18)16-9-4-2-3-7-13(16)10-14/h12-13H,2-11H2,1H3. The SMILES string of the molecule is CC1CCCN(S(=O)(=O)N2CCCCCC2CBr)C1. The summed E-state index contributed by atoms with van der Waals surface area (Å²) in [7, 11) is -3.27. The highest BCUT2D eigenvalue weighted by Gasteiger charge is 2.36. The van der Waals surface area contributed by atoms with E-state index < -0.39 is 10.2 Å². The van der Waals surface area contributed by atoms with E-state index in [1.54, 1.807) is 8.61 Å². The summed E-state index contributed by atoms with van der Waals surface area (Å²) in [6.45, 7) is 4.21. The fourth-order valence-electron chi connectivity index (χ4n) is 3.11. The lowest BCUT2D eigenvalue weighted by atomic mass is 10.0. The predicted octanol–water partition coefficient (Wildman–Crippen LogP) is 2.60. The zero-order valence-corrected chi connectivity index (χ0v) is 14.1. The number of rotatable bonds is 3. The second-order valence-corrected chi connectivity index (χ2v) is 8.41. The number of hydrogen-bond donors (Lipinski definition) is 0. The average Bonchev–Trinajstić information content (AvgIpc) is 2.64. The van der Waals surface area contributed by atoms with Gasteiger partial charge in [-0.2, -0.15) is 17.0 Å². The Hall–Kier alpha value is 0.350. The van der Waals surface area contributed by atoms with Crippen molar-refractivity contribution in [3.63, 3.8) is 0 Å². The third-order valence-electron chi connectivity index (χ3n) is 4.24. The van der Waals surface area contributed by atoms with Crippen LogP contribution in [0.1, 0.15) is 45.4 Å². The summed E-state index contributed by atoms with van der Waals surface area (Å²) in [5, 5.41) is 0.746. The van der Waals surface area contributed by atoms with Gasteiger partial charge in [0.2, 0.25) is 0 Å². The maximum absolute atomic E-state index is 12.8. The lowest BCUT2D eigenvalue weighted by Crippen LogP contribution is -2.51. The zero-order valence-electron chi connectivity index (χ0n) is 11.7. The Morgan fingerprint density at radius 2 is 1.89 bits per heavy atom. The Morgan fingerprint density at radius 1 is 1.11 bits per heavy atom. The first kappa shape index (κ1) is 15.7. The van der Waals surface area contributed by atoms with E-state index in [0.29, 0.717) is 25.6 Å². The molecule has 112 valence electrons. The molecule has 4 nitrogen and oxygen atoms in total. The molecule has 0 aromatic heterocycles. The summed E-state index contributed by atoms with van der Waals surface area (Å²) in [4.78, 5) is 0. The summed E-state index contributed by atoms with van der Waals surface area (Å²) in [5.41, 5.74) is 0. The average molecular weight is 353 g/mol. The molecule has 2 saturated heterocycles. The molecule has 0 bridgehead atoms. The van der Waals surface area contributed by atoms with Crippen LogP contribution in [0.3, 0.4) is 0 Å². The zero-order chi connectivity index (χ0) is 13.9. The topological polar surface area (TPSA) is 40.6 Å². The van der Waals surface area contributed by atoms with Crippen LogP contribution < -0.4 is 0 Å². The quantitative estimate of drug-likeness (QED) is 0.732. The van der Waals surface area contributed by atoms with Gasteiger partial charge in [0.05, 0.1) is 0 Å². The van der Waals surface area contributed by atoms with Gasteiger partial charge in [0.1, 0.15) is 0 Å². The Labute approximate surface area is 125 Å². The lowest BCUT2D eigenvalue weighted by Gasteiger charge is -2.36. The van der Waals surface area contributed by atoms with Gasteiger partial charge in [0, 0.05) is 31.0 Å². The van der Waals surface area contributed by atoms with Crippen molar-refractivity contribution in [2.75, 3.05) is 25.0 Å². The van der Waals surface area contributed by atoms with Crippen molar-refractivity contribution in [3.8, 4) is 0 Å². The van der Waals surface area contributed by atoms with Crippen LogP contribution >= 0.6 is 15.9 Å². The van der Waals surface area contributed by atoms with Gasteiger partial charge in [0.15, 0.2) is 0 Å². The molecular weight excluding hydrogens is 328 g/mol. The van der Waals surface area contributed by atoms with E-state index in [0.717, 1.165) is 43.9 Å². The van der Waals surface area contributed by atoms with Crippen LogP contribution in [0.25, 0.3) is 0 Å². The molecule has 6 heteroatoms. The van der Waals surface area contributed by atoms with Crippen LogP contribution in [-0.4, -0.2) is 48.0 Å². The lowest BCUT2D eigenvalue weighted by molar-refractivity contribution is 0.245. The number of alkyl halides is 1. The van der Waals surface area contributed by atoms with Gasteiger partial charge in [-0.3, -0.25) is 0 Å². The minimum Gasteiger partial charge on any atom is -0.195 e. The molecule has 0 amide bonds. The maximum atomic E-state index is 12.8. The monoisotopic (exact) mass is 352 g/mol. The molecule has 0 N–H and O–H groups in total. The maximum Gasteiger partial charge on any atom is 0.282 e. The van der Waals surface area contributed by atoms with Gasteiger partial charge >= 0.3 is 0 Å². The molecule has 2 unspecified atom stereocenters. The highest BCUT2D eigenvalue weighted by Crippen LogP contribution is 2.26. The molecule has 19 heavy (non-hydrogen) atoms. The Balaban J connectivity index is 2.15. The van der Waals surface area contributed by atoms with Crippen LogP contribution in [0.15, 0.2) is 0 Å². The highest BCUT2D eigenvalue weighted by atomic mass is 79.9. The number of halogens is 1. The predicted molar refractivity (Wildman–Crippen MR) is 81.6 cm³/mol. The number of piperidine rings is 1. The molecule has 2 fully saturated rings. The normalized spacial score (nSPS) is 32.1. The molecule has 0 spiro atoms. The Morgan fingerprint density at radius 3 is 2.58 bits per heavy atom. The van der Waals surface area contributed by atoms with E-state index in [4.69, 9.17) is 0 Å². The summed E-state index contributed by atoms with van der Waals surface area (Å²) in [5.74, 6) is 0.484. The van der Waals surface area contributed by atoms with E-state index in [1.807, 2.05) is 0 Å². The van der Waals surface area contributed by atoms with Crippen LogP contribution in [0.2, 0.25) is 0 Å². The van der Waals surface area contributed by atoms with Gasteiger partial charge in [-0.1, -0.05) is 35.7 Å². The fraction of sp³-hybridized carbons (Fsp3) is 1.00. The third-order valence-corrected chi connectivity index (χ3v) is 7.05. The van der Waals surface area contributed by atoms with Crippen LogP contribution in [0.5, 0.6) is 0 Å². The van der Waals surface area contributed by atoms with Gasteiger partial charge in [-0.15, -0.1) is 0 Å². The first-order valence-electron chi connectivity index (χ1n) is 7.38. The van der Waals surface area contributed by atoms with Crippen molar-refractivity contribution >= 4 is 26.1 Å². The van der Waals surface area contributed by atoms with Crippen LogP contribution in [0.4, 0.5) is 0 Å². The molecule has 0 radical (unpaired) electrons. The molecular formula is C13H25BrN2O2S. The van der Waals surface area contributed by atoms with E-state index in [-0.39, 0.29) is 6.04 Å². The summed E-state index contributed by atoms with van der Waals surface area (Å²) in [6.07, 6.45) is 6.39. The van der Waals surface area contributed by atoms with Crippen LogP contribution in [0, 0.1) is 5.92 Å². The van der Waals surface area contributed by atoms with E-state index in [9.17, 15) is 8.42 Å². The fourth-order valence-corrected chi connectivity index (χ4v) is 5.99. The van der Waals surface area contributed by atoms with Crippen molar-refractivity contribution in [2.45, 2.75) is 51.5 Å². The Kier molecular flexibility index (Phi) is 5.69. The van der Waals surface area contributed by atoms with Crippen molar-refractivity contribution < 1.29 is 8.42 Å². The van der Waals surface area contributed by atoms with Crippen molar-refractivity contribution in [2.24, 2.45) is 5.92 Å². The molecule has 0 aliphatic carbocycles. The smallest absolute Gasteiger partial charge is 0.195 e. The first-order valence-corrected chi connectivity index (χ1v) is 9.90. The van der Waals surface area contributed by atoms with Crippen LogP contribution in [-0.2, 0) is 10.2 Å². The third kappa shape index (κ3) is 3.71. The minimum absolute atomic E-state index is 0.129. The molecule has 2 atom stereocenters. The largest absolute Gasteiger partial charge is 0.282 e. The van der Waals surface area contributed by atoms with E-state index in [1.165, 1.54) is 0 Å². The number of hydrogen-bond acceptors (Lipinski definition) is 2. The van der Waals surface area contributed by atoms with E-state index in [2.05, 4.69) is 22.9 Å². The molecule has 2 rings (SSSR count). The second kappa shape index (κ2) is 6.87. The van der Waals surface area contributed by atoms with Crippen molar-refractivity contribution in [1.29, 1.82) is 0 Å². The molecule has 2 heterocycles. The molecule has 0 aromatic carbocycles. The van der Waals surface area contributed by atoms with E-state index >= 15 is 0 Å². The summed E-state index contributed by atoms with van der Waals surface area (Å²) in [6, 6.07) is 0.129. The first-order chi connectivity index (χ1) is 9.05. The molecule has 2 aliphatic rings. The van der Waals surface area contributed by atoms with Crippen molar-refractivity contribution in [1.82, 2.24) is 8.61 Å².